The maximum Gasteiger partial charge on any atom is 0 e. The zero-order chi connectivity index (χ0) is 5.82. The average Bonchev–Trinajstić information content (AvgIpc) is 1.90. The molecule has 0 aliphatic heterocycles. The third-order valence-corrected chi connectivity index (χ3v) is 1.18. The predicted octanol–water partition coefficient (Wildman–Crippen LogP) is 2.50. The van der Waals surface area contributed by atoms with Gasteiger partial charge in [-0.15, -0.1) is 0 Å². The van der Waals surface area contributed by atoms with Crippen LogP contribution >= 0.6 is 0 Å². The molecule has 0 aliphatic carbocycles. The van der Waals surface area contributed by atoms with Crippen LogP contribution in [0.25, 0.3) is 0 Å². The van der Waals surface area contributed by atoms with Gasteiger partial charge >= 0.3 is 0 Å². The summed E-state index contributed by atoms with van der Waals surface area (Å²) in [5.74, 6) is 0. The second-order valence-corrected chi connectivity index (χ2v) is 1.77. The molecule has 0 aliphatic rings. The maximum atomic E-state index is 3.01. The Hall–Kier alpha value is 0.324. The summed E-state index contributed by atoms with van der Waals surface area (Å²) in [5, 5.41) is 0. The van der Waals surface area contributed by atoms with Crippen molar-refractivity contribution in [2.45, 2.75) is 13.3 Å². The summed E-state index contributed by atoms with van der Waals surface area (Å²) in [6, 6.07) is 11.1. The van der Waals surface area contributed by atoms with E-state index in [4.69, 9.17) is 0 Å². The normalized spacial score (nSPS) is 7.30. The Bertz CT molecular complexity index is 146. The fourth-order valence-electron chi connectivity index (χ4n) is 0.650. The molecule has 0 heterocycles. The number of hydrogen-bond donors (Lipinski definition) is 0. The second kappa shape index (κ2) is 7.43. The van der Waals surface area contributed by atoms with Crippen LogP contribution < -0.4 is 0 Å². The van der Waals surface area contributed by atoms with Crippen molar-refractivity contribution in [2.24, 2.45) is 0 Å². The van der Waals surface area contributed by atoms with E-state index in [1.807, 2.05) is 18.2 Å². The Morgan fingerprint density at radius 3 is 2.50 bits per heavy atom. The van der Waals surface area contributed by atoms with Gasteiger partial charge in [0.05, 0.1) is 0 Å². The molecule has 1 aromatic rings. The summed E-state index contributed by atoms with van der Waals surface area (Å²) < 4.78 is 0. The molecule has 0 atom stereocenters. The van der Waals surface area contributed by atoms with Crippen LogP contribution in [0.3, 0.4) is 0 Å². The summed E-state index contributed by atoms with van der Waals surface area (Å²) >= 11 is 0. The van der Waals surface area contributed by atoms with Crippen LogP contribution in [-0.4, -0.2) is 0 Å². The van der Waals surface area contributed by atoms with Gasteiger partial charge in [0.1, 0.15) is 0 Å². The third kappa shape index (κ3) is 4.19. The molecule has 1 rings (SSSR count). The first-order chi connectivity index (χ1) is 3.93. The van der Waals surface area contributed by atoms with E-state index in [1.165, 1.54) is 5.56 Å². The fraction of sp³-hybridized carbons (Fsp3) is 0.222. The topological polar surface area (TPSA) is 0 Å². The third-order valence-electron chi connectivity index (χ3n) is 1.18. The SMILES string of the molecule is CCc1c[c-]ccc1.[CH3-].[Y]. The molecule has 0 bridgehead atoms. The van der Waals surface area contributed by atoms with Crippen molar-refractivity contribution in [3.63, 3.8) is 0 Å². The van der Waals surface area contributed by atoms with E-state index >= 15 is 0 Å². The molecule has 0 saturated heterocycles. The molecule has 0 unspecified atom stereocenters. The van der Waals surface area contributed by atoms with Crippen LogP contribution in [0, 0.1) is 13.5 Å². The summed E-state index contributed by atoms with van der Waals surface area (Å²) in [6.45, 7) is 2.14. The van der Waals surface area contributed by atoms with Crippen LogP contribution in [0.5, 0.6) is 0 Å². The van der Waals surface area contributed by atoms with Gasteiger partial charge in [0.15, 0.2) is 0 Å². The Balaban J connectivity index is 0. The van der Waals surface area contributed by atoms with Gasteiger partial charge in [-0.25, -0.2) is 0 Å². The van der Waals surface area contributed by atoms with Crippen molar-refractivity contribution in [2.75, 3.05) is 0 Å². The van der Waals surface area contributed by atoms with Crippen molar-refractivity contribution < 1.29 is 32.7 Å². The molecule has 0 amide bonds. The monoisotopic (exact) mass is 209 g/mol. The van der Waals surface area contributed by atoms with Crippen LogP contribution in [0.15, 0.2) is 24.3 Å². The van der Waals surface area contributed by atoms with E-state index in [-0.39, 0.29) is 40.1 Å². The molecule has 0 N–H and O–H groups in total. The van der Waals surface area contributed by atoms with Gasteiger partial charge in [-0.3, -0.25) is 0 Å². The fourth-order valence-corrected chi connectivity index (χ4v) is 0.650. The minimum absolute atomic E-state index is 0. The maximum absolute atomic E-state index is 3.01. The van der Waals surface area contributed by atoms with Crippen LogP contribution in [-0.2, 0) is 39.1 Å². The molecule has 0 spiro atoms. The standard InChI is InChI=1S/C8H9.CH3.Y/c1-2-8-6-4-3-5-7-8;;/h3-4,6-7H,2H2,1H3;1H3;/q2*-1;. The van der Waals surface area contributed by atoms with E-state index < -0.39 is 0 Å². The Labute approximate surface area is 88.9 Å². The van der Waals surface area contributed by atoms with Gasteiger partial charge in [0.2, 0.25) is 0 Å². The Morgan fingerprint density at radius 1 is 1.50 bits per heavy atom. The second-order valence-electron chi connectivity index (χ2n) is 1.77. The Morgan fingerprint density at radius 2 is 2.20 bits per heavy atom. The predicted molar refractivity (Wildman–Crippen MR) is 41.1 cm³/mol. The number of benzene rings is 1. The van der Waals surface area contributed by atoms with Gasteiger partial charge < -0.3 is 7.43 Å². The quantitative estimate of drug-likeness (QED) is 0.623. The molecule has 0 nitrogen and oxygen atoms in total. The van der Waals surface area contributed by atoms with Gasteiger partial charge in [-0.1, -0.05) is 13.3 Å². The van der Waals surface area contributed by atoms with E-state index in [9.17, 15) is 0 Å². The molecular formula is C9H12Y-2. The average molecular weight is 209 g/mol. The molecular weight excluding hydrogens is 197 g/mol. The first kappa shape index (κ1) is 13.0. The zero-order valence-electron chi connectivity index (χ0n) is 6.59. The van der Waals surface area contributed by atoms with Gasteiger partial charge in [0.25, 0.3) is 0 Å². The van der Waals surface area contributed by atoms with Crippen molar-refractivity contribution in [3.05, 3.63) is 43.3 Å². The molecule has 1 radical (unpaired) electrons. The summed E-state index contributed by atoms with van der Waals surface area (Å²) in [7, 11) is 0. The first-order valence-corrected chi connectivity index (χ1v) is 2.88. The molecule has 0 fully saturated rings. The molecule has 1 heteroatoms. The van der Waals surface area contributed by atoms with Gasteiger partial charge in [-0.2, -0.15) is 35.9 Å². The molecule has 0 aromatic heterocycles. The van der Waals surface area contributed by atoms with E-state index in [1.54, 1.807) is 0 Å². The van der Waals surface area contributed by atoms with E-state index in [2.05, 4.69) is 19.1 Å². The largest absolute Gasteiger partial charge is 0.358 e. The number of rotatable bonds is 1. The summed E-state index contributed by atoms with van der Waals surface area (Å²) in [5.41, 5.74) is 1.35. The molecule has 1 aromatic carbocycles. The van der Waals surface area contributed by atoms with Crippen molar-refractivity contribution in [3.8, 4) is 0 Å². The van der Waals surface area contributed by atoms with Gasteiger partial charge in [0, 0.05) is 32.7 Å². The summed E-state index contributed by atoms with van der Waals surface area (Å²) in [4.78, 5) is 0. The van der Waals surface area contributed by atoms with Gasteiger partial charge in [-0.05, 0) is 0 Å². The van der Waals surface area contributed by atoms with Crippen molar-refractivity contribution in [1.29, 1.82) is 0 Å². The molecule has 53 valence electrons. The minimum atomic E-state index is 0. The Kier molecular flexibility index (Phi) is 9.63. The minimum Gasteiger partial charge on any atom is -0.358 e. The van der Waals surface area contributed by atoms with Crippen LogP contribution in [0.4, 0.5) is 0 Å². The van der Waals surface area contributed by atoms with E-state index in [0.717, 1.165) is 6.42 Å². The zero-order valence-corrected chi connectivity index (χ0v) is 9.43. The van der Waals surface area contributed by atoms with Crippen LogP contribution in [0.1, 0.15) is 12.5 Å². The van der Waals surface area contributed by atoms with E-state index in [0.29, 0.717) is 0 Å². The number of aryl methyl sites for hydroxylation is 1. The smallest absolute Gasteiger partial charge is 0 e. The first-order valence-electron chi connectivity index (χ1n) is 2.88. The van der Waals surface area contributed by atoms with Crippen molar-refractivity contribution >= 4 is 0 Å². The number of hydrogen-bond acceptors (Lipinski definition) is 0. The summed E-state index contributed by atoms with van der Waals surface area (Å²) in [6.07, 6.45) is 1.11. The molecule has 0 saturated carbocycles. The van der Waals surface area contributed by atoms with Crippen molar-refractivity contribution in [1.82, 2.24) is 0 Å². The van der Waals surface area contributed by atoms with Crippen LogP contribution in [0.2, 0.25) is 0 Å². The molecule has 10 heavy (non-hydrogen) atoms.